The molecular weight excluding hydrogens is 424 g/mol. The van der Waals surface area contributed by atoms with E-state index in [9.17, 15) is 19.2 Å². The van der Waals surface area contributed by atoms with Crippen LogP contribution in [-0.2, 0) is 19.1 Å². The maximum atomic E-state index is 12.8. The molecule has 9 nitrogen and oxygen atoms in total. The number of carbonyl (C=O) groups is 4. The number of amides is 3. The van der Waals surface area contributed by atoms with Gasteiger partial charge in [-0.15, -0.1) is 0 Å². The van der Waals surface area contributed by atoms with E-state index in [1.165, 1.54) is 29.2 Å². The van der Waals surface area contributed by atoms with Crippen molar-refractivity contribution in [1.82, 2.24) is 5.43 Å². The van der Waals surface area contributed by atoms with Gasteiger partial charge in [-0.05, 0) is 61.4 Å². The maximum Gasteiger partial charge on any atom is 0.338 e. The number of nitriles is 1. The Balaban J connectivity index is 1.65. The summed E-state index contributed by atoms with van der Waals surface area (Å²) in [5.74, 6) is -1.66. The van der Waals surface area contributed by atoms with Crippen LogP contribution in [0.3, 0.4) is 0 Å². The molecule has 2 aromatic carbocycles. The number of hydrogen-bond acceptors (Lipinski definition) is 6. The van der Waals surface area contributed by atoms with Crippen LogP contribution in [0.2, 0.25) is 0 Å². The fourth-order valence-electron chi connectivity index (χ4n) is 3.48. The first-order valence-corrected chi connectivity index (χ1v) is 10.4. The number of anilines is 2. The van der Waals surface area contributed by atoms with E-state index in [4.69, 9.17) is 10.00 Å². The van der Waals surface area contributed by atoms with Gasteiger partial charge >= 0.3 is 5.97 Å². The third-order valence-corrected chi connectivity index (χ3v) is 5.01. The summed E-state index contributed by atoms with van der Waals surface area (Å²) in [4.78, 5) is 50.2. The van der Waals surface area contributed by atoms with Gasteiger partial charge in [-0.25, -0.2) is 9.80 Å². The largest absolute Gasteiger partial charge is 0.452 e. The molecule has 0 unspecified atom stereocenters. The second-order valence-electron chi connectivity index (χ2n) is 7.69. The topological polar surface area (TPSA) is 120 Å². The number of hydrazine groups is 1. The summed E-state index contributed by atoms with van der Waals surface area (Å²) in [5.41, 5.74) is 5.67. The minimum atomic E-state index is -0.704. The summed E-state index contributed by atoms with van der Waals surface area (Å²) in [6.07, 6.45) is 0.391. The van der Waals surface area contributed by atoms with Gasteiger partial charge in [0, 0.05) is 25.1 Å². The quantitative estimate of drug-likeness (QED) is 0.650. The summed E-state index contributed by atoms with van der Waals surface area (Å²) >= 11 is 0. The monoisotopic (exact) mass is 448 g/mol. The minimum Gasteiger partial charge on any atom is -0.452 e. The number of nitrogens with one attached hydrogen (secondary N) is 1. The van der Waals surface area contributed by atoms with Gasteiger partial charge in [0.05, 0.1) is 23.7 Å². The number of esters is 1. The molecule has 0 aromatic heterocycles. The van der Waals surface area contributed by atoms with Crippen LogP contribution >= 0.6 is 0 Å². The molecule has 2 aromatic rings. The highest BCUT2D eigenvalue weighted by Gasteiger charge is 2.25. The first-order valence-electron chi connectivity index (χ1n) is 10.4. The molecule has 0 spiro atoms. The lowest BCUT2D eigenvalue weighted by atomic mass is 10.1. The minimum absolute atomic E-state index is 0.112. The molecule has 1 aliphatic rings. The maximum absolute atomic E-state index is 12.8. The number of benzene rings is 2. The van der Waals surface area contributed by atoms with Crippen molar-refractivity contribution in [2.45, 2.75) is 33.1 Å². The molecule has 1 saturated heterocycles. The highest BCUT2D eigenvalue weighted by atomic mass is 16.5. The summed E-state index contributed by atoms with van der Waals surface area (Å²) in [7, 11) is 0. The van der Waals surface area contributed by atoms with Gasteiger partial charge in [0.2, 0.25) is 11.8 Å². The molecule has 0 radical (unpaired) electrons. The van der Waals surface area contributed by atoms with Crippen LogP contribution in [0.25, 0.3) is 0 Å². The van der Waals surface area contributed by atoms with Crippen LogP contribution in [0.4, 0.5) is 11.4 Å². The molecule has 170 valence electrons. The van der Waals surface area contributed by atoms with Crippen LogP contribution in [0.1, 0.15) is 40.7 Å². The average Bonchev–Trinajstić information content (AvgIpc) is 2.79. The number of rotatable bonds is 7. The van der Waals surface area contributed by atoms with Crippen molar-refractivity contribution < 1.29 is 23.9 Å². The van der Waals surface area contributed by atoms with Gasteiger partial charge in [-0.2, -0.15) is 5.26 Å². The fourth-order valence-corrected chi connectivity index (χ4v) is 3.48. The Morgan fingerprint density at radius 2 is 1.76 bits per heavy atom. The van der Waals surface area contributed by atoms with E-state index >= 15 is 0 Å². The predicted molar refractivity (Wildman–Crippen MR) is 120 cm³/mol. The molecule has 1 fully saturated rings. The van der Waals surface area contributed by atoms with Gasteiger partial charge < -0.3 is 9.64 Å². The normalized spacial score (nSPS) is 13.2. The van der Waals surface area contributed by atoms with Crippen LogP contribution in [0, 0.1) is 25.2 Å². The van der Waals surface area contributed by atoms with Gasteiger partial charge in [0.1, 0.15) is 0 Å². The zero-order valence-corrected chi connectivity index (χ0v) is 18.5. The van der Waals surface area contributed by atoms with Crippen molar-refractivity contribution in [2.75, 3.05) is 23.1 Å². The third kappa shape index (κ3) is 5.95. The van der Waals surface area contributed by atoms with Crippen LogP contribution in [0.5, 0.6) is 0 Å². The standard InChI is InChI=1S/C24H24N4O5/c1-16-12-17(2)14-20(13-16)27(11-3-10-25)23(31)15-33-24(32)18-4-6-19(7-5-18)28-22(30)9-8-21(29)26-28/h4-7,12-14H,3,8-9,11,15H2,1-2H3,(H,26,29). The van der Waals surface area contributed by atoms with Gasteiger partial charge in [-0.1, -0.05) is 6.07 Å². The molecule has 1 N–H and O–H groups in total. The van der Waals surface area contributed by atoms with E-state index in [0.717, 1.165) is 16.1 Å². The number of nitrogens with zero attached hydrogens (tertiary/aromatic N) is 3. The van der Waals surface area contributed by atoms with Crippen LogP contribution < -0.4 is 15.3 Å². The highest BCUT2D eigenvalue weighted by molar-refractivity contribution is 6.01. The smallest absolute Gasteiger partial charge is 0.338 e. The molecule has 3 amide bonds. The zero-order valence-electron chi connectivity index (χ0n) is 18.5. The fraction of sp³-hybridized carbons (Fsp3) is 0.292. The number of ether oxygens (including phenoxy) is 1. The van der Waals surface area contributed by atoms with Crippen LogP contribution in [-0.4, -0.2) is 36.8 Å². The Labute approximate surface area is 191 Å². The molecule has 1 heterocycles. The molecule has 33 heavy (non-hydrogen) atoms. The molecule has 0 aliphatic carbocycles. The van der Waals surface area contributed by atoms with Crippen molar-refractivity contribution in [2.24, 2.45) is 0 Å². The number of aryl methyl sites for hydroxylation is 2. The highest BCUT2D eigenvalue weighted by Crippen LogP contribution is 2.20. The SMILES string of the molecule is Cc1cc(C)cc(N(CCC#N)C(=O)COC(=O)c2ccc(N3NC(=O)CCC3=O)cc2)c1. The van der Waals surface area contributed by atoms with E-state index in [2.05, 4.69) is 5.43 Å². The van der Waals surface area contributed by atoms with E-state index in [1.54, 1.807) is 0 Å². The molecular formula is C24H24N4O5. The Hall–Kier alpha value is -4.19. The lowest BCUT2D eigenvalue weighted by Gasteiger charge is -2.27. The third-order valence-electron chi connectivity index (χ3n) is 5.01. The number of carbonyl (C=O) groups excluding carboxylic acids is 4. The van der Waals surface area contributed by atoms with Gasteiger partial charge in [0.15, 0.2) is 6.61 Å². The number of hydrogen-bond donors (Lipinski definition) is 1. The van der Waals surface area contributed by atoms with Gasteiger partial charge in [0.25, 0.3) is 5.91 Å². The van der Waals surface area contributed by atoms with Crippen molar-refractivity contribution in [3.8, 4) is 6.07 Å². The Morgan fingerprint density at radius 1 is 1.09 bits per heavy atom. The Kier molecular flexibility index (Phi) is 7.41. The first-order chi connectivity index (χ1) is 15.8. The Morgan fingerprint density at radius 3 is 2.39 bits per heavy atom. The van der Waals surface area contributed by atoms with Crippen molar-refractivity contribution in [3.63, 3.8) is 0 Å². The van der Waals surface area contributed by atoms with Crippen molar-refractivity contribution >= 4 is 35.1 Å². The molecule has 1 aliphatic heterocycles. The van der Waals surface area contributed by atoms with E-state index in [1.807, 2.05) is 38.1 Å². The van der Waals surface area contributed by atoms with E-state index < -0.39 is 18.5 Å². The van der Waals surface area contributed by atoms with E-state index in [0.29, 0.717) is 11.4 Å². The molecule has 0 atom stereocenters. The van der Waals surface area contributed by atoms with Crippen LogP contribution in [0.15, 0.2) is 42.5 Å². The molecule has 9 heteroatoms. The van der Waals surface area contributed by atoms with Gasteiger partial charge in [-0.3, -0.25) is 19.8 Å². The van der Waals surface area contributed by atoms with E-state index in [-0.39, 0.29) is 43.2 Å². The summed E-state index contributed by atoms with van der Waals surface area (Å²) in [6, 6.07) is 13.6. The summed E-state index contributed by atoms with van der Waals surface area (Å²) < 4.78 is 5.19. The second-order valence-corrected chi connectivity index (χ2v) is 7.69. The van der Waals surface area contributed by atoms with Crippen molar-refractivity contribution in [1.29, 1.82) is 5.26 Å². The summed E-state index contributed by atoms with van der Waals surface area (Å²) in [6.45, 7) is 3.52. The average molecular weight is 448 g/mol. The Bertz CT molecular complexity index is 1100. The molecule has 3 rings (SSSR count). The zero-order chi connectivity index (χ0) is 24.0. The molecule has 0 bridgehead atoms. The summed E-state index contributed by atoms with van der Waals surface area (Å²) in [5, 5.41) is 10.1. The second kappa shape index (κ2) is 10.4. The lowest BCUT2D eigenvalue weighted by Crippen LogP contribution is -2.50. The predicted octanol–water partition coefficient (Wildman–Crippen LogP) is 2.57. The van der Waals surface area contributed by atoms with Crippen molar-refractivity contribution in [3.05, 3.63) is 59.2 Å². The lowest BCUT2D eigenvalue weighted by molar-refractivity contribution is -0.130. The molecule has 0 saturated carbocycles. The first kappa shape index (κ1) is 23.5.